The zero-order chi connectivity index (χ0) is 4.62. The molecule has 0 aromatic carbocycles. The summed E-state index contributed by atoms with van der Waals surface area (Å²) in [5.41, 5.74) is 0. The van der Waals surface area contributed by atoms with E-state index in [9.17, 15) is 0 Å². The van der Waals surface area contributed by atoms with Gasteiger partial charge in [-0.3, -0.25) is 0 Å². The van der Waals surface area contributed by atoms with Gasteiger partial charge in [-0.2, -0.15) is 0 Å². The van der Waals surface area contributed by atoms with Crippen molar-refractivity contribution in [1.82, 2.24) is 0 Å². The van der Waals surface area contributed by atoms with Crippen molar-refractivity contribution in [3.8, 4) is 0 Å². The topological polar surface area (TPSA) is 0 Å². The van der Waals surface area contributed by atoms with Gasteiger partial charge in [-0.1, -0.05) is 0 Å². The van der Waals surface area contributed by atoms with E-state index in [-0.39, 0.29) is 40.1 Å². The molecule has 1 radical (unpaired) electrons. The van der Waals surface area contributed by atoms with Crippen LogP contribution in [0, 0.1) is 13.8 Å². The van der Waals surface area contributed by atoms with Gasteiger partial charge in [-0.15, -0.1) is 0 Å². The summed E-state index contributed by atoms with van der Waals surface area (Å²) >= 11 is 0. The van der Waals surface area contributed by atoms with Gasteiger partial charge in [-0.05, 0) is 13.1 Å². The van der Waals surface area contributed by atoms with Crippen LogP contribution < -0.4 is 0 Å². The van der Waals surface area contributed by atoms with Gasteiger partial charge in [0.2, 0.25) is 0 Å². The first-order valence-electron chi connectivity index (χ1n) is 2.34. The Kier molecular flexibility index (Phi) is 5.87. The minimum atomic E-state index is 0. The van der Waals surface area contributed by atoms with Crippen LogP contribution in [0.1, 0.15) is 0 Å². The van der Waals surface area contributed by atoms with Crippen molar-refractivity contribution < 1.29 is 37.2 Å². The molecule has 8 heavy (non-hydrogen) atoms. The zero-order valence-electron chi connectivity index (χ0n) is 6.02. The van der Waals surface area contributed by atoms with Crippen LogP contribution in [0.15, 0.2) is 0 Å². The molecule has 0 amide bonds. The maximum Gasteiger partial charge on any atom is 0.0639 e. The first kappa shape index (κ1) is 11.8. The third-order valence-corrected chi connectivity index (χ3v) is 1.25. The van der Waals surface area contributed by atoms with Gasteiger partial charge in [0.1, 0.15) is 0 Å². The van der Waals surface area contributed by atoms with E-state index in [4.69, 9.17) is 0 Å². The van der Waals surface area contributed by atoms with Crippen LogP contribution in [0.5, 0.6) is 0 Å². The van der Waals surface area contributed by atoms with E-state index in [0.717, 1.165) is 0 Å². The summed E-state index contributed by atoms with van der Waals surface area (Å²) in [5.74, 6) is 0. The van der Waals surface area contributed by atoms with Crippen LogP contribution in [-0.2, 0) is 32.7 Å². The molecule has 1 nitrogen and oxygen atoms in total. The second kappa shape index (κ2) is 3.97. The van der Waals surface area contributed by atoms with Gasteiger partial charge in [0.05, 0.1) is 14.1 Å². The normalized spacial score (nSPS) is 21.8. The van der Waals surface area contributed by atoms with Gasteiger partial charge in [0.25, 0.3) is 0 Å². The number of hydrogen-bond acceptors (Lipinski definition) is 0. The summed E-state index contributed by atoms with van der Waals surface area (Å²) in [5, 5.41) is 0. The number of rotatable bonds is 0. The predicted molar refractivity (Wildman–Crippen MR) is 32.6 cm³/mol. The van der Waals surface area contributed by atoms with E-state index in [2.05, 4.69) is 20.5 Å². The Morgan fingerprint density at radius 2 is 1.50 bits per heavy atom. The first-order chi connectivity index (χ1) is 2.71. The summed E-state index contributed by atoms with van der Waals surface area (Å²) in [6.45, 7) is 2.53. The second-order valence-electron chi connectivity index (χ2n) is 2.59. The maximum absolute atomic E-state index is 2.31. The molecule has 0 atom stereocenters. The minimum Gasteiger partial charge on any atom is -0.378 e. The Balaban J connectivity index is 0. The molecule has 1 aliphatic rings. The molecule has 0 aromatic heterocycles. The zero-order valence-corrected chi connectivity index (χ0v) is 8.85. The Labute approximate surface area is 77.9 Å². The quantitative estimate of drug-likeness (QED) is 0.389. The molecule has 0 N–H and O–H groups in total. The van der Waals surface area contributed by atoms with Crippen molar-refractivity contribution in [2.45, 2.75) is 0 Å². The molecule has 0 bridgehead atoms. The molecular weight excluding hydrogens is 175 g/mol. The average Bonchev–Trinajstić information content (AvgIpc) is 1.32. The van der Waals surface area contributed by atoms with Crippen molar-refractivity contribution in [2.75, 3.05) is 27.2 Å². The molecule has 0 saturated carbocycles. The number of nitrogens with zero attached hydrogens (tertiary/aromatic N) is 1. The maximum atomic E-state index is 2.31. The molecule has 47 valence electrons. The van der Waals surface area contributed by atoms with Crippen LogP contribution in [0.4, 0.5) is 0 Å². The molecule has 0 unspecified atom stereocenters. The van der Waals surface area contributed by atoms with Crippen LogP contribution in [-0.4, -0.2) is 31.7 Å². The van der Waals surface area contributed by atoms with Gasteiger partial charge >= 0.3 is 0 Å². The standard InChI is InChI=1S/C5H11N.CH3.Y/c1-6(2)4-3-5-6;;/h3H,4-5H2,1-2H3;1H3;/q;-1;. The van der Waals surface area contributed by atoms with Crippen molar-refractivity contribution in [3.63, 3.8) is 0 Å². The molecule has 1 heterocycles. The summed E-state index contributed by atoms with van der Waals surface area (Å²) in [4.78, 5) is 0. The van der Waals surface area contributed by atoms with E-state index in [0.29, 0.717) is 0 Å². The van der Waals surface area contributed by atoms with Crippen LogP contribution in [0.2, 0.25) is 0 Å². The summed E-state index contributed by atoms with van der Waals surface area (Å²) in [6, 6.07) is 0. The van der Waals surface area contributed by atoms with Crippen molar-refractivity contribution >= 4 is 0 Å². The monoisotopic (exact) mass is 189 g/mol. The van der Waals surface area contributed by atoms with Crippen molar-refractivity contribution in [2.24, 2.45) is 0 Å². The molecule has 0 spiro atoms. The van der Waals surface area contributed by atoms with E-state index in [1.165, 1.54) is 17.6 Å². The number of likely N-dealkylation sites (tertiary alicyclic amines) is 1. The third kappa shape index (κ3) is 3.16. The summed E-state index contributed by atoms with van der Waals surface area (Å²) in [6.07, 6.45) is 2.31. The minimum absolute atomic E-state index is 0. The molecule has 0 aliphatic carbocycles. The SMILES string of the molecule is C[N+]1(C)C[CH-]C1.[CH3-].[Y]. The molecule has 1 saturated heterocycles. The van der Waals surface area contributed by atoms with Gasteiger partial charge < -0.3 is 11.9 Å². The number of hydrogen-bond donors (Lipinski definition) is 0. The van der Waals surface area contributed by atoms with Gasteiger partial charge in [-0.25, -0.2) is 6.42 Å². The molecule has 1 fully saturated rings. The molecule has 1 rings (SSSR count). The first-order valence-corrected chi connectivity index (χ1v) is 2.34. The fourth-order valence-electron chi connectivity index (χ4n) is 0.645. The fraction of sp³-hybridized carbons (Fsp3) is 0.667. The summed E-state index contributed by atoms with van der Waals surface area (Å²) < 4.78 is 1.19. The van der Waals surface area contributed by atoms with Crippen LogP contribution >= 0.6 is 0 Å². The largest absolute Gasteiger partial charge is 0.378 e. The fourth-order valence-corrected chi connectivity index (χ4v) is 0.645. The second-order valence-corrected chi connectivity index (χ2v) is 2.59. The Morgan fingerprint density at radius 3 is 1.50 bits per heavy atom. The van der Waals surface area contributed by atoms with Gasteiger partial charge in [0, 0.05) is 32.7 Å². The number of quaternary nitrogens is 1. The Bertz CT molecular complexity index is 55.5. The molecule has 1 aliphatic heterocycles. The summed E-state index contributed by atoms with van der Waals surface area (Å²) in [7, 11) is 4.47. The van der Waals surface area contributed by atoms with Crippen LogP contribution in [0.25, 0.3) is 0 Å². The third-order valence-electron chi connectivity index (χ3n) is 1.25. The van der Waals surface area contributed by atoms with Crippen LogP contribution in [0.3, 0.4) is 0 Å². The Hall–Kier alpha value is 1.06. The van der Waals surface area contributed by atoms with E-state index < -0.39 is 0 Å². The van der Waals surface area contributed by atoms with E-state index >= 15 is 0 Å². The Morgan fingerprint density at radius 1 is 1.25 bits per heavy atom. The van der Waals surface area contributed by atoms with Gasteiger partial charge in [0.15, 0.2) is 0 Å². The molecular formula is C6H14NY-. The van der Waals surface area contributed by atoms with Crippen molar-refractivity contribution in [3.05, 3.63) is 13.8 Å². The van der Waals surface area contributed by atoms with E-state index in [1.807, 2.05) is 0 Å². The van der Waals surface area contributed by atoms with Crippen molar-refractivity contribution in [1.29, 1.82) is 0 Å². The average molecular weight is 189 g/mol. The molecule has 2 heteroatoms. The molecule has 0 aromatic rings. The van der Waals surface area contributed by atoms with E-state index in [1.54, 1.807) is 0 Å². The predicted octanol–water partition coefficient (Wildman–Crippen LogP) is 0.728. The smallest absolute Gasteiger partial charge is 0.0639 e.